The van der Waals surface area contributed by atoms with Gasteiger partial charge in [-0.25, -0.2) is 13.2 Å². The highest BCUT2D eigenvalue weighted by Crippen LogP contribution is 2.34. The minimum absolute atomic E-state index is 0.0308. The van der Waals surface area contributed by atoms with E-state index >= 15 is 0 Å². The molecule has 0 unspecified atom stereocenters. The van der Waals surface area contributed by atoms with Gasteiger partial charge >= 0.3 is 6.09 Å². The van der Waals surface area contributed by atoms with Gasteiger partial charge in [-0.3, -0.25) is 9.59 Å². The van der Waals surface area contributed by atoms with Gasteiger partial charge < -0.3 is 19.4 Å². The summed E-state index contributed by atoms with van der Waals surface area (Å²) < 4.78 is 32.5. The Balaban J connectivity index is 1.86. The number of benzene rings is 1. The van der Waals surface area contributed by atoms with Gasteiger partial charge in [0.05, 0.1) is 22.9 Å². The summed E-state index contributed by atoms with van der Waals surface area (Å²) in [6.07, 6.45) is -0.734. The molecule has 2 aliphatic rings. The third-order valence-corrected chi connectivity index (χ3v) is 7.02. The third-order valence-electron chi connectivity index (χ3n) is 5.12. The summed E-state index contributed by atoms with van der Waals surface area (Å²) in [6, 6.07) is 4.37. The number of anilines is 2. The fourth-order valence-electron chi connectivity index (χ4n) is 3.33. The molecule has 0 spiro atoms. The van der Waals surface area contributed by atoms with Crippen LogP contribution in [0.2, 0.25) is 0 Å². The van der Waals surface area contributed by atoms with Gasteiger partial charge in [0.1, 0.15) is 6.42 Å². The fraction of sp³-hybridized carbons (Fsp3) is 0.500. The van der Waals surface area contributed by atoms with E-state index in [2.05, 4.69) is 0 Å². The predicted octanol–water partition coefficient (Wildman–Crippen LogP) is 0.479. The maximum absolute atomic E-state index is 13.1. The normalized spacial score (nSPS) is 18.5. The lowest BCUT2D eigenvalue weighted by Gasteiger charge is -2.33. The average Bonchev–Trinajstić information content (AvgIpc) is 2.79. The van der Waals surface area contributed by atoms with Crippen molar-refractivity contribution in [1.29, 1.82) is 0 Å². The Morgan fingerprint density at radius 1 is 1.00 bits per heavy atom. The van der Waals surface area contributed by atoms with Crippen LogP contribution >= 0.6 is 0 Å². The quantitative estimate of drug-likeness (QED) is 0.653. The van der Waals surface area contributed by atoms with Crippen LogP contribution in [-0.4, -0.2) is 82.4 Å². The maximum Gasteiger partial charge on any atom is 0.409 e. The van der Waals surface area contributed by atoms with Crippen LogP contribution in [0.15, 0.2) is 23.1 Å². The molecule has 10 nitrogen and oxygen atoms in total. The van der Waals surface area contributed by atoms with Crippen molar-refractivity contribution in [3.63, 3.8) is 0 Å². The average molecular weight is 424 g/mol. The lowest BCUT2D eigenvalue weighted by Crippen LogP contribution is -2.50. The second kappa shape index (κ2) is 7.99. The molecule has 3 amide bonds. The van der Waals surface area contributed by atoms with Crippen LogP contribution < -0.4 is 9.80 Å². The molecule has 1 saturated heterocycles. The zero-order valence-corrected chi connectivity index (χ0v) is 17.4. The number of rotatable bonds is 3. The Bertz CT molecular complexity index is 940. The van der Waals surface area contributed by atoms with Crippen LogP contribution in [0.3, 0.4) is 0 Å². The van der Waals surface area contributed by atoms with Crippen LogP contribution in [-0.2, 0) is 24.3 Å². The van der Waals surface area contributed by atoms with Gasteiger partial charge in [-0.15, -0.1) is 0 Å². The molecule has 0 aliphatic carbocycles. The van der Waals surface area contributed by atoms with Crippen LogP contribution in [0, 0.1) is 0 Å². The number of piperazine rings is 1. The third kappa shape index (κ3) is 3.92. The number of hydrogen-bond acceptors (Lipinski definition) is 6. The van der Waals surface area contributed by atoms with Crippen molar-refractivity contribution < 1.29 is 27.5 Å². The molecule has 0 bridgehead atoms. The first kappa shape index (κ1) is 21.1. The number of amides is 3. The van der Waals surface area contributed by atoms with E-state index in [4.69, 9.17) is 4.74 Å². The van der Waals surface area contributed by atoms with E-state index < -0.39 is 22.0 Å². The summed E-state index contributed by atoms with van der Waals surface area (Å²) in [7, 11) is -0.760. The fourth-order valence-corrected chi connectivity index (χ4v) is 4.77. The van der Waals surface area contributed by atoms with Crippen molar-refractivity contribution >= 4 is 39.3 Å². The van der Waals surface area contributed by atoms with E-state index in [1.54, 1.807) is 14.0 Å². The first-order chi connectivity index (χ1) is 13.7. The van der Waals surface area contributed by atoms with Crippen molar-refractivity contribution in [3.8, 4) is 0 Å². The smallest absolute Gasteiger partial charge is 0.409 e. The molecule has 29 heavy (non-hydrogen) atoms. The van der Waals surface area contributed by atoms with Crippen LogP contribution in [0.1, 0.15) is 13.3 Å². The number of carbonyl (C=O) groups is 3. The molecule has 2 heterocycles. The summed E-state index contributed by atoms with van der Waals surface area (Å²) >= 11 is 0. The highest BCUT2D eigenvalue weighted by atomic mass is 32.2. The summed E-state index contributed by atoms with van der Waals surface area (Å²) in [6.45, 7) is 2.73. The Morgan fingerprint density at radius 3 is 2.17 bits per heavy atom. The van der Waals surface area contributed by atoms with Crippen LogP contribution in [0.4, 0.5) is 16.2 Å². The summed E-state index contributed by atoms with van der Waals surface area (Å²) in [5, 5.41) is 0. The number of fused-ring (bicyclic) bond motifs is 1. The molecule has 158 valence electrons. The largest absolute Gasteiger partial charge is 0.450 e. The minimum atomic E-state index is -3.83. The van der Waals surface area contributed by atoms with Gasteiger partial charge in [0.15, 0.2) is 0 Å². The SMILES string of the molecule is CCOC(=O)N1CCN(S(=O)(=O)c2ccc3c(c2)N(C)C(=O)CC(=O)N3C)CC1. The molecule has 0 atom stereocenters. The van der Waals surface area contributed by atoms with Gasteiger partial charge in [-0.05, 0) is 25.1 Å². The topological polar surface area (TPSA) is 108 Å². The molecular formula is C18H24N4O6S. The van der Waals surface area contributed by atoms with Crippen molar-refractivity contribution in [3.05, 3.63) is 18.2 Å². The predicted molar refractivity (Wildman–Crippen MR) is 105 cm³/mol. The number of hydrogen-bond donors (Lipinski definition) is 0. The molecule has 3 rings (SSSR count). The van der Waals surface area contributed by atoms with Gasteiger partial charge in [-0.1, -0.05) is 0 Å². The maximum atomic E-state index is 13.1. The molecule has 0 N–H and O–H groups in total. The van der Waals surface area contributed by atoms with Crippen molar-refractivity contribution in [2.24, 2.45) is 0 Å². The number of carbonyl (C=O) groups excluding carboxylic acids is 3. The van der Waals surface area contributed by atoms with E-state index in [-0.39, 0.29) is 50.0 Å². The molecule has 1 aromatic carbocycles. The molecule has 11 heteroatoms. The Labute approximate surface area is 169 Å². The Hall–Kier alpha value is -2.66. The first-order valence-electron chi connectivity index (χ1n) is 9.25. The van der Waals surface area contributed by atoms with E-state index in [9.17, 15) is 22.8 Å². The number of sulfonamides is 1. The second-order valence-corrected chi connectivity index (χ2v) is 8.76. The van der Waals surface area contributed by atoms with Gasteiger partial charge in [-0.2, -0.15) is 4.31 Å². The zero-order valence-electron chi connectivity index (χ0n) is 16.6. The van der Waals surface area contributed by atoms with Crippen LogP contribution in [0.25, 0.3) is 0 Å². The van der Waals surface area contributed by atoms with E-state index in [1.807, 2.05) is 0 Å². The van der Waals surface area contributed by atoms with Crippen molar-refractivity contribution in [2.75, 3.05) is 56.7 Å². The molecule has 1 fully saturated rings. The molecule has 0 saturated carbocycles. The zero-order chi connectivity index (χ0) is 21.3. The lowest BCUT2D eigenvalue weighted by molar-refractivity contribution is -0.125. The van der Waals surface area contributed by atoms with E-state index in [0.717, 1.165) is 0 Å². The Morgan fingerprint density at radius 2 is 1.59 bits per heavy atom. The molecular weight excluding hydrogens is 400 g/mol. The molecule has 0 radical (unpaired) electrons. The minimum Gasteiger partial charge on any atom is -0.450 e. The highest BCUT2D eigenvalue weighted by Gasteiger charge is 2.33. The van der Waals surface area contributed by atoms with Crippen LogP contribution in [0.5, 0.6) is 0 Å². The van der Waals surface area contributed by atoms with Crippen molar-refractivity contribution in [1.82, 2.24) is 9.21 Å². The van der Waals surface area contributed by atoms with E-state index in [1.165, 1.54) is 44.3 Å². The summed E-state index contributed by atoms with van der Waals surface area (Å²) in [5.41, 5.74) is 0.823. The Kier molecular flexibility index (Phi) is 5.80. The molecule has 1 aromatic rings. The van der Waals surface area contributed by atoms with Gasteiger partial charge in [0, 0.05) is 40.3 Å². The first-order valence-corrected chi connectivity index (χ1v) is 10.7. The summed E-state index contributed by atoms with van der Waals surface area (Å²) in [5.74, 6) is -0.760. The number of ether oxygens (including phenoxy) is 1. The number of nitrogens with zero attached hydrogens (tertiary/aromatic N) is 4. The monoisotopic (exact) mass is 424 g/mol. The van der Waals surface area contributed by atoms with Gasteiger partial charge in [0.25, 0.3) is 0 Å². The van der Waals surface area contributed by atoms with Gasteiger partial charge in [0.2, 0.25) is 21.8 Å². The lowest BCUT2D eigenvalue weighted by atomic mass is 10.2. The standard InChI is InChI=1S/C18H24N4O6S/c1-4-28-18(25)21-7-9-22(10-8-21)29(26,27)13-5-6-14-15(11-13)20(3)17(24)12-16(23)19(14)2/h5-6,11H,4,7-10,12H2,1-3H3. The molecule has 2 aliphatic heterocycles. The highest BCUT2D eigenvalue weighted by molar-refractivity contribution is 7.89. The van der Waals surface area contributed by atoms with E-state index in [0.29, 0.717) is 11.4 Å². The molecule has 0 aromatic heterocycles. The second-order valence-electron chi connectivity index (χ2n) is 6.82. The van der Waals surface area contributed by atoms with Crippen molar-refractivity contribution in [2.45, 2.75) is 18.2 Å². The summed E-state index contributed by atoms with van der Waals surface area (Å²) in [4.78, 5) is 40.3.